The van der Waals surface area contributed by atoms with Crippen molar-refractivity contribution in [2.75, 3.05) is 19.5 Å². The standard InChI is InChI=1S/C17H17ClN2O4/c1-23-13-6-3-11(4-7-13)10-19-16(21)17(22)20-14-9-12(18)5-8-15(14)24-2/h3-9H,10H2,1-2H3,(H,19,21)(H,20,22). The molecule has 0 aromatic heterocycles. The Balaban J connectivity index is 1.94. The summed E-state index contributed by atoms with van der Waals surface area (Å²) in [5, 5.41) is 5.44. The van der Waals surface area contributed by atoms with Gasteiger partial charge < -0.3 is 20.1 Å². The minimum Gasteiger partial charge on any atom is -0.497 e. The largest absolute Gasteiger partial charge is 0.497 e. The molecule has 7 heteroatoms. The van der Waals surface area contributed by atoms with Crippen LogP contribution in [0, 0.1) is 0 Å². The number of carbonyl (C=O) groups excluding carboxylic acids is 2. The van der Waals surface area contributed by atoms with Gasteiger partial charge >= 0.3 is 11.8 Å². The van der Waals surface area contributed by atoms with Gasteiger partial charge in [-0.05, 0) is 35.9 Å². The molecule has 24 heavy (non-hydrogen) atoms. The predicted molar refractivity (Wildman–Crippen MR) is 91.5 cm³/mol. The molecule has 0 aliphatic rings. The lowest BCUT2D eigenvalue weighted by molar-refractivity contribution is -0.136. The van der Waals surface area contributed by atoms with E-state index in [1.54, 1.807) is 43.5 Å². The summed E-state index contributed by atoms with van der Waals surface area (Å²) in [4.78, 5) is 23.9. The molecule has 0 radical (unpaired) electrons. The van der Waals surface area contributed by atoms with Gasteiger partial charge in [0.15, 0.2) is 0 Å². The highest BCUT2D eigenvalue weighted by molar-refractivity contribution is 6.40. The van der Waals surface area contributed by atoms with Crippen molar-refractivity contribution in [2.45, 2.75) is 6.54 Å². The number of methoxy groups -OCH3 is 2. The molecule has 0 saturated heterocycles. The Hall–Kier alpha value is -2.73. The summed E-state index contributed by atoms with van der Waals surface area (Å²) >= 11 is 5.89. The Morgan fingerprint density at radius 3 is 2.33 bits per heavy atom. The Labute approximate surface area is 144 Å². The molecule has 0 saturated carbocycles. The smallest absolute Gasteiger partial charge is 0.313 e. The van der Waals surface area contributed by atoms with Gasteiger partial charge in [-0.25, -0.2) is 0 Å². The van der Waals surface area contributed by atoms with Gasteiger partial charge in [-0.1, -0.05) is 23.7 Å². The highest BCUT2D eigenvalue weighted by Gasteiger charge is 2.15. The molecule has 0 fully saturated rings. The van der Waals surface area contributed by atoms with Crippen molar-refractivity contribution in [2.24, 2.45) is 0 Å². The third-order valence-corrected chi connectivity index (χ3v) is 3.46. The summed E-state index contributed by atoms with van der Waals surface area (Å²) in [5.41, 5.74) is 1.17. The second-order valence-electron chi connectivity index (χ2n) is 4.83. The monoisotopic (exact) mass is 348 g/mol. The van der Waals surface area contributed by atoms with E-state index in [1.807, 2.05) is 0 Å². The molecule has 2 N–H and O–H groups in total. The number of anilines is 1. The lowest BCUT2D eigenvalue weighted by atomic mass is 10.2. The van der Waals surface area contributed by atoms with E-state index < -0.39 is 11.8 Å². The molecular formula is C17H17ClN2O4. The van der Waals surface area contributed by atoms with E-state index in [1.165, 1.54) is 13.2 Å². The van der Waals surface area contributed by atoms with E-state index in [0.29, 0.717) is 16.5 Å². The molecule has 6 nitrogen and oxygen atoms in total. The van der Waals surface area contributed by atoms with Gasteiger partial charge in [0.25, 0.3) is 0 Å². The van der Waals surface area contributed by atoms with Crippen LogP contribution >= 0.6 is 11.6 Å². The van der Waals surface area contributed by atoms with Gasteiger partial charge in [0.05, 0.1) is 19.9 Å². The van der Waals surface area contributed by atoms with Crippen LogP contribution in [0.3, 0.4) is 0 Å². The third-order valence-electron chi connectivity index (χ3n) is 3.23. The third kappa shape index (κ3) is 4.63. The molecule has 0 spiro atoms. The molecule has 2 aromatic carbocycles. The average molecular weight is 349 g/mol. The molecule has 0 unspecified atom stereocenters. The van der Waals surface area contributed by atoms with Crippen molar-refractivity contribution in [3.63, 3.8) is 0 Å². The van der Waals surface area contributed by atoms with E-state index >= 15 is 0 Å². The molecule has 0 bridgehead atoms. The number of ether oxygens (including phenoxy) is 2. The van der Waals surface area contributed by atoms with Crippen LogP contribution < -0.4 is 20.1 Å². The summed E-state index contributed by atoms with van der Waals surface area (Å²) in [6, 6.07) is 11.9. The lowest BCUT2D eigenvalue weighted by Crippen LogP contribution is -2.35. The first-order chi connectivity index (χ1) is 11.5. The van der Waals surface area contributed by atoms with Crippen molar-refractivity contribution in [1.29, 1.82) is 0 Å². The van der Waals surface area contributed by atoms with Crippen LogP contribution in [0.15, 0.2) is 42.5 Å². The van der Waals surface area contributed by atoms with Crippen molar-refractivity contribution >= 4 is 29.1 Å². The maximum absolute atomic E-state index is 12.0. The van der Waals surface area contributed by atoms with Gasteiger partial charge in [0.1, 0.15) is 11.5 Å². The maximum Gasteiger partial charge on any atom is 0.313 e. The van der Waals surface area contributed by atoms with E-state index in [9.17, 15) is 9.59 Å². The van der Waals surface area contributed by atoms with Crippen LogP contribution in [0.25, 0.3) is 0 Å². The molecule has 0 atom stereocenters. The first-order valence-electron chi connectivity index (χ1n) is 7.09. The first-order valence-corrected chi connectivity index (χ1v) is 7.47. The van der Waals surface area contributed by atoms with E-state index in [0.717, 1.165) is 11.3 Å². The van der Waals surface area contributed by atoms with Crippen LogP contribution in [-0.4, -0.2) is 26.0 Å². The van der Waals surface area contributed by atoms with Crippen molar-refractivity contribution < 1.29 is 19.1 Å². The molecule has 2 aromatic rings. The Morgan fingerprint density at radius 2 is 1.71 bits per heavy atom. The molecule has 2 amide bonds. The minimum absolute atomic E-state index is 0.225. The van der Waals surface area contributed by atoms with Crippen LogP contribution in [0.1, 0.15) is 5.56 Å². The maximum atomic E-state index is 12.0. The second-order valence-corrected chi connectivity index (χ2v) is 5.27. The number of carbonyl (C=O) groups is 2. The number of hydrogen-bond donors (Lipinski definition) is 2. The second kappa shape index (κ2) is 8.21. The Bertz CT molecular complexity index is 732. The van der Waals surface area contributed by atoms with E-state index in [2.05, 4.69) is 10.6 Å². The number of benzene rings is 2. The van der Waals surface area contributed by atoms with Crippen molar-refractivity contribution in [3.05, 3.63) is 53.1 Å². The summed E-state index contributed by atoms with van der Waals surface area (Å²) in [5.74, 6) is -0.427. The fourth-order valence-electron chi connectivity index (χ4n) is 1.96. The summed E-state index contributed by atoms with van der Waals surface area (Å²) < 4.78 is 10.2. The zero-order chi connectivity index (χ0) is 17.5. The van der Waals surface area contributed by atoms with Crippen LogP contribution in [0.2, 0.25) is 5.02 Å². The number of nitrogens with one attached hydrogen (secondary N) is 2. The fourth-order valence-corrected chi connectivity index (χ4v) is 2.14. The quantitative estimate of drug-likeness (QED) is 0.814. The average Bonchev–Trinajstić information content (AvgIpc) is 2.60. The number of halogens is 1. The number of rotatable bonds is 5. The SMILES string of the molecule is COc1ccc(CNC(=O)C(=O)Nc2cc(Cl)ccc2OC)cc1. The Kier molecular flexibility index (Phi) is 6.03. The number of hydrogen-bond acceptors (Lipinski definition) is 4. The molecule has 2 rings (SSSR count). The Morgan fingerprint density at radius 1 is 1.00 bits per heavy atom. The summed E-state index contributed by atoms with van der Waals surface area (Å²) in [6.07, 6.45) is 0. The topological polar surface area (TPSA) is 76.7 Å². The summed E-state index contributed by atoms with van der Waals surface area (Å²) in [7, 11) is 3.04. The summed E-state index contributed by atoms with van der Waals surface area (Å²) in [6.45, 7) is 0.225. The van der Waals surface area contributed by atoms with E-state index in [-0.39, 0.29) is 6.54 Å². The zero-order valence-electron chi connectivity index (χ0n) is 13.3. The highest BCUT2D eigenvalue weighted by Crippen LogP contribution is 2.27. The van der Waals surface area contributed by atoms with Gasteiger partial charge in [-0.15, -0.1) is 0 Å². The van der Waals surface area contributed by atoms with Crippen molar-refractivity contribution in [3.8, 4) is 11.5 Å². The van der Waals surface area contributed by atoms with Crippen molar-refractivity contribution in [1.82, 2.24) is 5.32 Å². The molecule has 126 valence electrons. The molecule has 0 aliphatic heterocycles. The van der Waals surface area contributed by atoms with Crippen LogP contribution in [0.5, 0.6) is 11.5 Å². The zero-order valence-corrected chi connectivity index (χ0v) is 14.0. The highest BCUT2D eigenvalue weighted by atomic mass is 35.5. The van der Waals surface area contributed by atoms with E-state index in [4.69, 9.17) is 21.1 Å². The minimum atomic E-state index is -0.802. The lowest BCUT2D eigenvalue weighted by Gasteiger charge is -2.10. The number of amides is 2. The predicted octanol–water partition coefficient (Wildman–Crippen LogP) is 2.61. The molecular weight excluding hydrogens is 332 g/mol. The fraction of sp³-hybridized carbons (Fsp3) is 0.176. The van der Waals surface area contributed by atoms with Gasteiger partial charge in [0, 0.05) is 11.6 Å². The first kappa shape index (κ1) is 17.6. The molecule has 0 aliphatic carbocycles. The van der Waals surface area contributed by atoms with Gasteiger partial charge in [0.2, 0.25) is 0 Å². The molecule has 0 heterocycles. The van der Waals surface area contributed by atoms with Gasteiger partial charge in [-0.3, -0.25) is 9.59 Å². The van der Waals surface area contributed by atoms with Crippen LogP contribution in [-0.2, 0) is 16.1 Å². The van der Waals surface area contributed by atoms with Gasteiger partial charge in [-0.2, -0.15) is 0 Å². The normalized spacial score (nSPS) is 9.96. The van der Waals surface area contributed by atoms with Crippen LogP contribution in [0.4, 0.5) is 5.69 Å².